The molecule has 2 aromatic carbocycles. The van der Waals surface area contributed by atoms with E-state index < -0.39 is 0 Å². The molecule has 0 fully saturated rings. The van der Waals surface area contributed by atoms with Crippen LogP contribution in [-0.2, 0) is 0 Å². The first-order chi connectivity index (χ1) is 11.5. The Hall–Kier alpha value is -2.82. The molecule has 3 aromatic rings. The first kappa shape index (κ1) is 16.1. The lowest BCUT2D eigenvalue weighted by Gasteiger charge is -2.10. The van der Waals surface area contributed by atoms with Gasteiger partial charge < -0.3 is 14.5 Å². The van der Waals surface area contributed by atoms with Gasteiger partial charge in [0.25, 0.3) is 5.56 Å². The van der Waals surface area contributed by atoms with Crippen molar-refractivity contribution in [1.29, 1.82) is 0 Å². The Bertz CT molecular complexity index is 945. The van der Waals surface area contributed by atoms with Crippen molar-refractivity contribution in [1.82, 2.24) is 9.97 Å². The molecule has 0 aliphatic rings. The molecule has 0 unspecified atom stereocenters. The third-order valence-corrected chi connectivity index (χ3v) is 4.05. The van der Waals surface area contributed by atoms with Gasteiger partial charge in [0.2, 0.25) is 0 Å². The maximum absolute atomic E-state index is 12.5. The Morgan fingerprint density at radius 2 is 1.75 bits per heavy atom. The van der Waals surface area contributed by atoms with Crippen molar-refractivity contribution in [3.05, 3.63) is 52.3 Å². The second-order valence-corrected chi connectivity index (χ2v) is 5.92. The summed E-state index contributed by atoms with van der Waals surface area (Å²) in [5.74, 6) is 2.09. The fourth-order valence-electron chi connectivity index (χ4n) is 2.64. The van der Waals surface area contributed by atoms with Crippen molar-refractivity contribution in [2.45, 2.75) is 19.8 Å². The van der Waals surface area contributed by atoms with Crippen LogP contribution in [0.1, 0.15) is 25.3 Å². The second kappa shape index (κ2) is 6.35. The van der Waals surface area contributed by atoms with Crippen LogP contribution in [0.25, 0.3) is 22.3 Å². The summed E-state index contributed by atoms with van der Waals surface area (Å²) in [6.45, 7) is 4.20. The molecule has 0 atom stereocenters. The Kier molecular flexibility index (Phi) is 4.25. The number of aromatic amines is 1. The van der Waals surface area contributed by atoms with Gasteiger partial charge in [-0.15, -0.1) is 0 Å². The summed E-state index contributed by atoms with van der Waals surface area (Å²) in [5.41, 5.74) is 2.41. The van der Waals surface area contributed by atoms with E-state index in [1.165, 1.54) is 0 Å². The Labute approximate surface area is 140 Å². The molecule has 0 bridgehead atoms. The second-order valence-electron chi connectivity index (χ2n) is 5.92. The SMILES string of the molecule is COc1ccc(-c2nc3ccc(C(C)C)cc3c(=O)[nH]2)cc1OC. The molecule has 5 nitrogen and oxygen atoms in total. The van der Waals surface area contributed by atoms with Gasteiger partial charge in [-0.3, -0.25) is 4.79 Å². The molecule has 0 radical (unpaired) electrons. The molecule has 0 saturated carbocycles. The Balaban J connectivity index is 2.14. The molecule has 3 rings (SSSR count). The molecule has 0 aliphatic heterocycles. The van der Waals surface area contributed by atoms with E-state index in [4.69, 9.17) is 9.47 Å². The van der Waals surface area contributed by atoms with Crippen molar-refractivity contribution in [3.8, 4) is 22.9 Å². The molecular weight excluding hydrogens is 304 g/mol. The number of methoxy groups -OCH3 is 2. The zero-order valence-corrected chi connectivity index (χ0v) is 14.2. The average Bonchev–Trinajstić information content (AvgIpc) is 2.60. The first-order valence-corrected chi connectivity index (χ1v) is 7.80. The van der Waals surface area contributed by atoms with Gasteiger partial charge in [-0.25, -0.2) is 4.98 Å². The first-order valence-electron chi connectivity index (χ1n) is 7.80. The molecule has 1 aromatic heterocycles. The molecule has 0 amide bonds. The molecule has 0 aliphatic carbocycles. The fourth-order valence-corrected chi connectivity index (χ4v) is 2.64. The number of hydrogen-bond donors (Lipinski definition) is 1. The third kappa shape index (κ3) is 2.85. The third-order valence-electron chi connectivity index (χ3n) is 4.05. The van der Waals surface area contributed by atoms with E-state index in [1.807, 2.05) is 24.3 Å². The quantitative estimate of drug-likeness (QED) is 0.794. The van der Waals surface area contributed by atoms with E-state index in [-0.39, 0.29) is 5.56 Å². The van der Waals surface area contributed by atoms with Crippen LogP contribution in [0.3, 0.4) is 0 Å². The number of nitrogens with zero attached hydrogens (tertiary/aromatic N) is 1. The summed E-state index contributed by atoms with van der Waals surface area (Å²) >= 11 is 0. The van der Waals surface area contributed by atoms with E-state index >= 15 is 0 Å². The molecule has 124 valence electrons. The largest absolute Gasteiger partial charge is 0.493 e. The molecule has 0 spiro atoms. The van der Waals surface area contributed by atoms with Crippen LogP contribution in [0.2, 0.25) is 0 Å². The van der Waals surface area contributed by atoms with Gasteiger partial charge in [0.1, 0.15) is 5.82 Å². The van der Waals surface area contributed by atoms with E-state index in [1.54, 1.807) is 26.4 Å². The van der Waals surface area contributed by atoms with Crippen molar-refractivity contribution in [2.24, 2.45) is 0 Å². The molecule has 1 heterocycles. The van der Waals surface area contributed by atoms with Crippen LogP contribution in [0.5, 0.6) is 11.5 Å². The predicted molar refractivity (Wildman–Crippen MR) is 95.0 cm³/mol. The van der Waals surface area contributed by atoms with Crippen molar-refractivity contribution >= 4 is 10.9 Å². The lowest BCUT2D eigenvalue weighted by molar-refractivity contribution is 0.355. The predicted octanol–water partition coefficient (Wildman–Crippen LogP) is 3.73. The number of fused-ring (bicyclic) bond motifs is 1. The minimum atomic E-state index is -0.146. The minimum absolute atomic E-state index is 0.146. The van der Waals surface area contributed by atoms with E-state index in [0.717, 1.165) is 11.1 Å². The summed E-state index contributed by atoms with van der Waals surface area (Å²) in [5, 5.41) is 0.602. The minimum Gasteiger partial charge on any atom is -0.493 e. The van der Waals surface area contributed by atoms with Gasteiger partial charge >= 0.3 is 0 Å². The van der Waals surface area contributed by atoms with Crippen molar-refractivity contribution in [2.75, 3.05) is 14.2 Å². The van der Waals surface area contributed by atoms with E-state index in [9.17, 15) is 4.79 Å². The van der Waals surface area contributed by atoms with Crippen molar-refractivity contribution in [3.63, 3.8) is 0 Å². The highest BCUT2D eigenvalue weighted by Gasteiger charge is 2.11. The smallest absolute Gasteiger partial charge is 0.259 e. The van der Waals surface area contributed by atoms with Crippen LogP contribution >= 0.6 is 0 Å². The number of benzene rings is 2. The summed E-state index contributed by atoms with van der Waals surface area (Å²) in [6.07, 6.45) is 0. The van der Waals surface area contributed by atoms with Gasteiger partial charge in [-0.1, -0.05) is 19.9 Å². The molecular formula is C19H20N2O3. The maximum Gasteiger partial charge on any atom is 0.259 e. The number of nitrogens with one attached hydrogen (secondary N) is 1. The standard InChI is InChI=1S/C19H20N2O3/c1-11(2)12-5-7-15-14(9-12)19(22)21-18(20-15)13-6-8-16(23-3)17(10-13)24-4/h5-11H,1-4H3,(H,20,21,22). The van der Waals surface area contributed by atoms with Gasteiger partial charge in [0.15, 0.2) is 11.5 Å². The zero-order chi connectivity index (χ0) is 17.3. The fraction of sp³-hybridized carbons (Fsp3) is 0.263. The number of hydrogen-bond acceptors (Lipinski definition) is 4. The van der Waals surface area contributed by atoms with Crippen molar-refractivity contribution < 1.29 is 9.47 Å². The number of aromatic nitrogens is 2. The average molecular weight is 324 g/mol. The van der Waals surface area contributed by atoms with Crippen LogP contribution in [0.15, 0.2) is 41.2 Å². The summed E-state index contributed by atoms with van der Waals surface area (Å²) in [7, 11) is 3.16. The highest BCUT2D eigenvalue weighted by Crippen LogP contribution is 2.31. The zero-order valence-electron chi connectivity index (χ0n) is 14.2. The van der Waals surface area contributed by atoms with Crippen LogP contribution in [-0.4, -0.2) is 24.2 Å². The topological polar surface area (TPSA) is 64.2 Å². The summed E-state index contributed by atoms with van der Waals surface area (Å²) in [4.78, 5) is 19.9. The number of rotatable bonds is 4. The van der Waals surface area contributed by atoms with Crippen LogP contribution in [0.4, 0.5) is 0 Å². The molecule has 5 heteroatoms. The van der Waals surface area contributed by atoms with Gasteiger partial charge in [0, 0.05) is 5.56 Å². The Morgan fingerprint density at radius 1 is 1.00 bits per heavy atom. The lowest BCUT2D eigenvalue weighted by Crippen LogP contribution is -2.10. The normalized spacial score (nSPS) is 11.0. The number of ether oxygens (including phenoxy) is 2. The number of H-pyrrole nitrogens is 1. The van der Waals surface area contributed by atoms with Gasteiger partial charge in [0.05, 0.1) is 25.1 Å². The lowest BCUT2D eigenvalue weighted by atomic mass is 10.0. The van der Waals surface area contributed by atoms with Crippen LogP contribution < -0.4 is 15.0 Å². The van der Waals surface area contributed by atoms with Gasteiger partial charge in [-0.2, -0.15) is 0 Å². The van der Waals surface area contributed by atoms with Crippen LogP contribution in [0, 0.1) is 0 Å². The highest BCUT2D eigenvalue weighted by molar-refractivity contribution is 5.80. The molecule has 0 saturated heterocycles. The Morgan fingerprint density at radius 3 is 2.42 bits per heavy atom. The van der Waals surface area contributed by atoms with Gasteiger partial charge in [-0.05, 0) is 41.8 Å². The highest BCUT2D eigenvalue weighted by atomic mass is 16.5. The van der Waals surface area contributed by atoms with E-state index in [0.29, 0.717) is 34.1 Å². The van der Waals surface area contributed by atoms with E-state index in [2.05, 4.69) is 23.8 Å². The molecule has 1 N–H and O–H groups in total. The maximum atomic E-state index is 12.5. The summed E-state index contributed by atoms with van der Waals surface area (Å²) in [6, 6.07) is 11.2. The monoisotopic (exact) mass is 324 g/mol. The molecule has 24 heavy (non-hydrogen) atoms. The summed E-state index contributed by atoms with van der Waals surface area (Å²) < 4.78 is 10.6.